The molecule has 3 aromatic rings. The number of aliphatic hydroxyl groups excluding tert-OH is 1. The number of benzene rings is 2. The van der Waals surface area contributed by atoms with Gasteiger partial charge in [-0.25, -0.2) is 9.37 Å². The summed E-state index contributed by atoms with van der Waals surface area (Å²) in [6, 6.07) is 17.0. The van der Waals surface area contributed by atoms with Crippen LogP contribution in [0.4, 0.5) is 4.39 Å². The van der Waals surface area contributed by atoms with Gasteiger partial charge in [-0.1, -0.05) is 31.2 Å². The third-order valence-corrected chi connectivity index (χ3v) is 6.70. The number of rotatable bonds is 7. The number of ether oxygens (including phenoxy) is 1. The third kappa shape index (κ3) is 6.13. The van der Waals surface area contributed by atoms with Crippen molar-refractivity contribution in [3.63, 3.8) is 0 Å². The highest BCUT2D eigenvalue weighted by atomic mass is 19.1. The smallest absolute Gasteiger partial charge is 0.259 e. The molecule has 0 saturated heterocycles. The van der Waals surface area contributed by atoms with E-state index in [2.05, 4.69) is 16.0 Å². The van der Waals surface area contributed by atoms with Crippen molar-refractivity contribution >= 4 is 5.91 Å². The second kappa shape index (κ2) is 11.5. The lowest BCUT2D eigenvalue weighted by molar-refractivity contribution is 0.0325. The van der Waals surface area contributed by atoms with Gasteiger partial charge in [-0.2, -0.15) is 5.26 Å². The second-order valence-electron chi connectivity index (χ2n) is 9.72. The maximum atomic E-state index is 13.6. The summed E-state index contributed by atoms with van der Waals surface area (Å²) in [5.74, 6) is -0.331. The van der Waals surface area contributed by atoms with Crippen LogP contribution in [0.3, 0.4) is 0 Å². The number of halogens is 1. The number of pyridine rings is 1. The molecule has 1 aromatic heterocycles. The number of hydrogen-bond acceptors (Lipinski definition) is 6. The predicted molar refractivity (Wildman–Crippen MR) is 138 cm³/mol. The first kappa shape index (κ1) is 26.3. The van der Waals surface area contributed by atoms with Crippen LogP contribution in [0.5, 0.6) is 5.88 Å². The molecule has 0 spiro atoms. The molecule has 0 bridgehead atoms. The van der Waals surface area contributed by atoms with Crippen LogP contribution in [0.15, 0.2) is 60.8 Å². The minimum Gasteiger partial charge on any atom is -0.472 e. The van der Waals surface area contributed by atoms with Crippen LogP contribution in [-0.4, -0.2) is 64.7 Å². The SMILES string of the molecule is C[C@@H]1CN([C@H](C)CO)C(=O)c2cc(-c3cccc(C#N)c3)cnc2O[C@@H]1CN(C)Cc1ccc(F)cc1. The van der Waals surface area contributed by atoms with Crippen molar-refractivity contribution in [2.45, 2.75) is 32.5 Å². The van der Waals surface area contributed by atoms with Crippen molar-refractivity contribution in [3.05, 3.63) is 83.3 Å². The summed E-state index contributed by atoms with van der Waals surface area (Å²) >= 11 is 0. The molecule has 37 heavy (non-hydrogen) atoms. The van der Waals surface area contributed by atoms with Gasteiger partial charge < -0.3 is 14.7 Å². The molecular weight excluding hydrogens is 471 g/mol. The van der Waals surface area contributed by atoms with Crippen LogP contribution in [0.2, 0.25) is 0 Å². The number of fused-ring (bicyclic) bond motifs is 1. The lowest BCUT2D eigenvalue weighted by Gasteiger charge is -2.37. The molecule has 8 heteroatoms. The molecule has 2 heterocycles. The monoisotopic (exact) mass is 502 g/mol. The molecule has 0 fully saturated rings. The van der Waals surface area contributed by atoms with Crippen molar-refractivity contribution in [3.8, 4) is 23.1 Å². The highest BCUT2D eigenvalue weighted by Gasteiger charge is 2.34. The second-order valence-corrected chi connectivity index (χ2v) is 9.72. The molecule has 4 rings (SSSR count). The Hall–Kier alpha value is -3.80. The van der Waals surface area contributed by atoms with Crippen LogP contribution in [-0.2, 0) is 6.54 Å². The van der Waals surface area contributed by atoms with Crippen molar-refractivity contribution in [1.82, 2.24) is 14.8 Å². The van der Waals surface area contributed by atoms with Crippen LogP contribution in [0, 0.1) is 23.1 Å². The molecule has 1 aliphatic rings. The summed E-state index contributed by atoms with van der Waals surface area (Å²) < 4.78 is 19.7. The summed E-state index contributed by atoms with van der Waals surface area (Å²) in [5, 5.41) is 19.2. The topological polar surface area (TPSA) is 89.7 Å². The van der Waals surface area contributed by atoms with E-state index in [0.717, 1.165) is 11.1 Å². The number of nitrogens with zero attached hydrogens (tertiary/aromatic N) is 4. The number of amides is 1. The van der Waals surface area contributed by atoms with E-state index in [1.807, 2.05) is 27.0 Å². The molecule has 0 aliphatic carbocycles. The van der Waals surface area contributed by atoms with Gasteiger partial charge in [-0.3, -0.25) is 9.69 Å². The molecule has 2 aromatic carbocycles. The highest BCUT2D eigenvalue weighted by Crippen LogP contribution is 2.30. The van der Waals surface area contributed by atoms with Gasteiger partial charge in [0, 0.05) is 37.3 Å². The van der Waals surface area contributed by atoms with Crippen LogP contribution in [0.1, 0.15) is 35.3 Å². The zero-order valence-corrected chi connectivity index (χ0v) is 21.3. The molecule has 0 radical (unpaired) electrons. The average molecular weight is 503 g/mol. The van der Waals surface area contributed by atoms with E-state index < -0.39 is 0 Å². The number of nitriles is 1. The van der Waals surface area contributed by atoms with E-state index in [0.29, 0.717) is 36.3 Å². The number of hydrogen-bond donors (Lipinski definition) is 1. The Kier molecular flexibility index (Phi) is 8.17. The molecule has 0 unspecified atom stereocenters. The summed E-state index contributed by atoms with van der Waals surface area (Å²) in [7, 11) is 1.97. The first-order valence-electron chi connectivity index (χ1n) is 12.3. The maximum absolute atomic E-state index is 13.6. The fourth-order valence-electron chi connectivity index (χ4n) is 4.52. The Morgan fingerprint density at radius 2 is 2.00 bits per heavy atom. The van der Waals surface area contributed by atoms with Crippen molar-refractivity contribution < 1.29 is 19.0 Å². The Morgan fingerprint density at radius 3 is 2.70 bits per heavy atom. The quantitative estimate of drug-likeness (QED) is 0.523. The Balaban J connectivity index is 1.66. The van der Waals surface area contributed by atoms with Crippen molar-refractivity contribution in [2.24, 2.45) is 5.92 Å². The molecule has 1 aliphatic heterocycles. The Morgan fingerprint density at radius 1 is 1.24 bits per heavy atom. The molecule has 3 atom stereocenters. The Bertz CT molecular complexity index is 1290. The van der Waals surface area contributed by atoms with E-state index in [4.69, 9.17) is 4.74 Å². The van der Waals surface area contributed by atoms with Gasteiger partial charge in [0.05, 0.1) is 24.3 Å². The molecule has 192 valence electrons. The summed E-state index contributed by atoms with van der Waals surface area (Å²) in [5.41, 5.74) is 3.28. The van der Waals surface area contributed by atoms with E-state index in [-0.39, 0.29) is 42.3 Å². The standard InChI is InChI=1S/C29H31FN4O3/c1-19-15-34(20(2)18-35)29(36)26-12-24(23-6-4-5-22(11-23)13-31)14-32-28(26)37-27(19)17-33(3)16-21-7-9-25(30)10-8-21/h4-12,14,19-20,27,35H,15-18H2,1-3H3/t19-,20-,27-/m1/s1. The molecule has 1 amide bonds. The minimum absolute atomic E-state index is 0.0458. The van der Waals surface area contributed by atoms with E-state index in [1.165, 1.54) is 12.1 Å². The van der Waals surface area contributed by atoms with E-state index in [1.54, 1.807) is 47.5 Å². The molecule has 1 N–H and O–H groups in total. The van der Waals surface area contributed by atoms with Gasteiger partial charge in [0.15, 0.2) is 0 Å². The number of carbonyl (C=O) groups excluding carboxylic acids is 1. The van der Waals surface area contributed by atoms with Crippen LogP contribution in [0.25, 0.3) is 11.1 Å². The third-order valence-electron chi connectivity index (χ3n) is 6.70. The van der Waals surface area contributed by atoms with Gasteiger partial charge in [0.25, 0.3) is 5.91 Å². The van der Waals surface area contributed by atoms with Gasteiger partial charge in [0.2, 0.25) is 5.88 Å². The van der Waals surface area contributed by atoms with Crippen molar-refractivity contribution in [2.75, 3.05) is 26.7 Å². The van der Waals surface area contributed by atoms with Gasteiger partial charge >= 0.3 is 0 Å². The average Bonchev–Trinajstić information content (AvgIpc) is 2.91. The Labute approximate surface area is 216 Å². The fourth-order valence-corrected chi connectivity index (χ4v) is 4.52. The van der Waals surface area contributed by atoms with Gasteiger partial charge in [-0.05, 0) is 55.4 Å². The maximum Gasteiger partial charge on any atom is 0.259 e. The summed E-state index contributed by atoms with van der Waals surface area (Å²) in [6.07, 6.45) is 1.36. The summed E-state index contributed by atoms with van der Waals surface area (Å²) in [6.45, 7) is 5.24. The van der Waals surface area contributed by atoms with Crippen LogP contribution < -0.4 is 4.74 Å². The number of aliphatic hydroxyl groups is 1. The predicted octanol–water partition coefficient (Wildman–Crippen LogP) is 4.11. The highest BCUT2D eigenvalue weighted by molar-refractivity contribution is 5.98. The first-order valence-corrected chi connectivity index (χ1v) is 12.3. The molecule has 0 saturated carbocycles. The normalized spacial score (nSPS) is 18.4. The molecule has 7 nitrogen and oxygen atoms in total. The number of aromatic nitrogens is 1. The van der Waals surface area contributed by atoms with Gasteiger partial charge in [-0.15, -0.1) is 0 Å². The lowest BCUT2D eigenvalue weighted by Crippen LogP contribution is -2.49. The lowest BCUT2D eigenvalue weighted by atomic mass is 9.98. The number of carbonyl (C=O) groups is 1. The first-order chi connectivity index (χ1) is 17.8. The van der Waals surface area contributed by atoms with Gasteiger partial charge in [0.1, 0.15) is 17.5 Å². The fraction of sp³-hybridized carbons (Fsp3) is 0.345. The van der Waals surface area contributed by atoms with Crippen molar-refractivity contribution in [1.29, 1.82) is 5.26 Å². The largest absolute Gasteiger partial charge is 0.472 e. The van der Waals surface area contributed by atoms with Crippen LogP contribution >= 0.6 is 0 Å². The molecular formula is C29H31FN4O3. The zero-order valence-electron chi connectivity index (χ0n) is 21.3. The number of likely N-dealkylation sites (N-methyl/N-ethyl adjacent to an activating group) is 1. The van der Waals surface area contributed by atoms with E-state index >= 15 is 0 Å². The summed E-state index contributed by atoms with van der Waals surface area (Å²) in [4.78, 5) is 21.9. The minimum atomic E-state index is -0.385. The zero-order chi connectivity index (χ0) is 26.5. The van der Waals surface area contributed by atoms with E-state index in [9.17, 15) is 19.6 Å².